The summed E-state index contributed by atoms with van der Waals surface area (Å²) in [6, 6.07) is 21.1. The first-order chi connectivity index (χ1) is 19.0. The van der Waals surface area contributed by atoms with Gasteiger partial charge in [0.25, 0.3) is 15.9 Å². The van der Waals surface area contributed by atoms with Gasteiger partial charge in [0.15, 0.2) is 0 Å². The molecule has 0 fully saturated rings. The maximum absolute atomic E-state index is 13.7. The van der Waals surface area contributed by atoms with Crippen molar-refractivity contribution >= 4 is 39.4 Å². The molecule has 10 heteroatoms. The van der Waals surface area contributed by atoms with Gasteiger partial charge in [0.2, 0.25) is 0 Å². The standard InChI is InChI=1S/C30H31ClN4O4S/c1-20-10-13-25(14-11-20)40(37,38)34(28-16-21(2)12-15-29(28)39-5)19-30(36)33-32-18-24-17-22(3)35(23(24)4)27-9-7-6-8-26(27)31/h6-18H,19H2,1-5H3,(H,33,36)/b32-18-. The van der Waals surface area contributed by atoms with Gasteiger partial charge in [-0.15, -0.1) is 0 Å². The zero-order chi connectivity index (χ0) is 29.0. The van der Waals surface area contributed by atoms with Crippen molar-refractivity contribution in [3.8, 4) is 11.4 Å². The van der Waals surface area contributed by atoms with Crippen LogP contribution in [0.3, 0.4) is 0 Å². The van der Waals surface area contributed by atoms with Crippen molar-refractivity contribution in [2.75, 3.05) is 18.0 Å². The number of halogens is 1. The molecule has 0 radical (unpaired) electrons. The Hall–Kier alpha value is -4.08. The second-order valence-electron chi connectivity index (χ2n) is 9.41. The van der Waals surface area contributed by atoms with E-state index < -0.39 is 22.5 Å². The predicted octanol–water partition coefficient (Wildman–Crippen LogP) is 5.72. The van der Waals surface area contributed by atoms with Gasteiger partial charge in [-0.25, -0.2) is 13.8 Å². The Morgan fingerprint density at radius 3 is 2.35 bits per heavy atom. The number of hydrogen-bond acceptors (Lipinski definition) is 5. The van der Waals surface area contributed by atoms with Crippen LogP contribution in [0.25, 0.3) is 5.69 Å². The Labute approximate surface area is 239 Å². The van der Waals surface area contributed by atoms with Crippen molar-refractivity contribution < 1.29 is 17.9 Å². The molecule has 0 aliphatic heterocycles. The van der Waals surface area contributed by atoms with Gasteiger partial charge in [-0.2, -0.15) is 5.10 Å². The first-order valence-corrected chi connectivity index (χ1v) is 14.3. The summed E-state index contributed by atoms with van der Waals surface area (Å²) >= 11 is 6.40. The lowest BCUT2D eigenvalue weighted by molar-refractivity contribution is -0.119. The first-order valence-electron chi connectivity index (χ1n) is 12.5. The van der Waals surface area contributed by atoms with Crippen molar-refractivity contribution in [1.82, 2.24) is 9.99 Å². The van der Waals surface area contributed by atoms with Crippen molar-refractivity contribution in [2.45, 2.75) is 32.6 Å². The van der Waals surface area contributed by atoms with Crippen molar-refractivity contribution in [3.05, 3.63) is 106 Å². The minimum atomic E-state index is -4.11. The second-order valence-corrected chi connectivity index (χ2v) is 11.7. The number of rotatable bonds is 9. The van der Waals surface area contributed by atoms with E-state index in [0.29, 0.717) is 10.8 Å². The number of anilines is 1. The van der Waals surface area contributed by atoms with Crippen LogP contribution in [-0.4, -0.2) is 38.8 Å². The number of sulfonamides is 1. The highest BCUT2D eigenvalue weighted by Crippen LogP contribution is 2.33. The molecule has 1 heterocycles. The highest BCUT2D eigenvalue weighted by Gasteiger charge is 2.29. The molecule has 0 unspecified atom stereocenters. The van der Waals surface area contributed by atoms with E-state index in [4.69, 9.17) is 16.3 Å². The van der Waals surface area contributed by atoms with Crippen LogP contribution in [0.5, 0.6) is 5.75 Å². The summed E-state index contributed by atoms with van der Waals surface area (Å²) in [5, 5.41) is 4.74. The van der Waals surface area contributed by atoms with E-state index in [9.17, 15) is 13.2 Å². The van der Waals surface area contributed by atoms with E-state index in [1.807, 2.05) is 68.7 Å². The smallest absolute Gasteiger partial charge is 0.264 e. The summed E-state index contributed by atoms with van der Waals surface area (Å²) in [6.07, 6.45) is 1.53. The monoisotopic (exact) mass is 578 g/mol. The SMILES string of the molecule is COc1ccc(C)cc1N(CC(=O)N/N=C\c1cc(C)n(-c2ccccc2Cl)c1C)S(=O)(=O)c1ccc(C)cc1. The summed E-state index contributed by atoms with van der Waals surface area (Å²) in [7, 11) is -2.66. The van der Waals surface area contributed by atoms with Gasteiger partial charge >= 0.3 is 0 Å². The van der Waals surface area contributed by atoms with Crippen LogP contribution < -0.4 is 14.5 Å². The molecule has 208 valence electrons. The van der Waals surface area contributed by atoms with Crippen LogP contribution in [0.2, 0.25) is 5.02 Å². The lowest BCUT2D eigenvalue weighted by Crippen LogP contribution is -2.39. The van der Waals surface area contributed by atoms with Gasteiger partial charge in [0.1, 0.15) is 12.3 Å². The maximum Gasteiger partial charge on any atom is 0.264 e. The fourth-order valence-electron chi connectivity index (χ4n) is 4.39. The number of nitrogens with zero attached hydrogens (tertiary/aromatic N) is 3. The molecule has 0 aliphatic carbocycles. The van der Waals surface area contributed by atoms with E-state index in [1.165, 1.54) is 25.5 Å². The van der Waals surface area contributed by atoms with Gasteiger partial charge in [0.05, 0.1) is 34.6 Å². The third-order valence-electron chi connectivity index (χ3n) is 6.46. The van der Waals surface area contributed by atoms with E-state index in [0.717, 1.165) is 38.1 Å². The molecule has 0 spiro atoms. The highest BCUT2D eigenvalue weighted by atomic mass is 35.5. The van der Waals surface area contributed by atoms with E-state index in [1.54, 1.807) is 24.3 Å². The van der Waals surface area contributed by atoms with E-state index in [-0.39, 0.29) is 10.6 Å². The van der Waals surface area contributed by atoms with Gasteiger partial charge in [-0.1, -0.05) is 47.5 Å². The van der Waals surface area contributed by atoms with Gasteiger partial charge in [-0.05, 0) is 75.7 Å². The number of carbonyl (C=O) groups excluding carboxylic acids is 1. The number of aryl methyl sites for hydroxylation is 3. The predicted molar refractivity (Wildman–Crippen MR) is 159 cm³/mol. The van der Waals surface area contributed by atoms with Crippen LogP contribution in [-0.2, 0) is 14.8 Å². The largest absolute Gasteiger partial charge is 0.495 e. The van der Waals surface area contributed by atoms with Crippen molar-refractivity contribution in [3.63, 3.8) is 0 Å². The number of amides is 1. The van der Waals surface area contributed by atoms with Gasteiger partial charge in [0, 0.05) is 17.0 Å². The molecule has 1 N–H and O–H groups in total. The summed E-state index contributed by atoms with van der Waals surface area (Å²) in [5.74, 6) is -0.292. The number of carbonyl (C=O) groups is 1. The van der Waals surface area contributed by atoms with E-state index >= 15 is 0 Å². The number of hydrogen-bond donors (Lipinski definition) is 1. The van der Waals surface area contributed by atoms with Crippen LogP contribution >= 0.6 is 11.6 Å². The number of nitrogens with one attached hydrogen (secondary N) is 1. The number of para-hydroxylation sites is 1. The molecule has 0 saturated carbocycles. The Kier molecular flexibility index (Phi) is 8.66. The molecule has 3 aromatic carbocycles. The normalized spacial score (nSPS) is 11.6. The minimum Gasteiger partial charge on any atom is -0.495 e. The topological polar surface area (TPSA) is 93.0 Å². The molecule has 1 amide bonds. The minimum absolute atomic E-state index is 0.0602. The quantitative estimate of drug-likeness (QED) is 0.203. The van der Waals surface area contributed by atoms with Crippen LogP contribution in [0.4, 0.5) is 5.69 Å². The fraction of sp³-hybridized carbons (Fsp3) is 0.200. The Bertz CT molecular complexity index is 1680. The Balaban J connectivity index is 1.61. The second kappa shape index (κ2) is 12.0. The molecule has 8 nitrogen and oxygen atoms in total. The fourth-order valence-corrected chi connectivity index (χ4v) is 6.04. The van der Waals surface area contributed by atoms with Crippen LogP contribution in [0.1, 0.15) is 28.1 Å². The molecule has 4 rings (SSSR count). The number of hydrazone groups is 1. The zero-order valence-electron chi connectivity index (χ0n) is 23.0. The molecule has 40 heavy (non-hydrogen) atoms. The molecular weight excluding hydrogens is 548 g/mol. The first kappa shape index (κ1) is 28.9. The lowest BCUT2D eigenvalue weighted by Gasteiger charge is -2.25. The molecule has 0 bridgehead atoms. The van der Waals surface area contributed by atoms with Crippen molar-refractivity contribution in [1.29, 1.82) is 0 Å². The summed E-state index contributed by atoms with van der Waals surface area (Å²) in [5.41, 5.74) is 7.91. The van der Waals surface area contributed by atoms with Crippen LogP contribution in [0.15, 0.2) is 82.8 Å². The van der Waals surface area contributed by atoms with Gasteiger partial charge < -0.3 is 9.30 Å². The molecule has 0 saturated heterocycles. The number of aromatic nitrogens is 1. The average molecular weight is 579 g/mol. The van der Waals surface area contributed by atoms with Crippen molar-refractivity contribution in [2.24, 2.45) is 5.10 Å². The zero-order valence-corrected chi connectivity index (χ0v) is 24.5. The molecule has 4 aromatic rings. The number of ether oxygens (including phenoxy) is 1. The maximum atomic E-state index is 13.7. The third-order valence-corrected chi connectivity index (χ3v) is 8.55. The lowest BCUT2D eigenvalue weighted by atomic mass is 10.2. The molecule has 1 aromatic heterocycles. The highest BCUT2D eigenvalue weighted by molar-refractivity contribution is 7.92. The number of methoxy groups -OCH3 is 1. The molecule has 0 atom stereocenters. The average Bonchev–Trinajstić information content (AvgIpc) is 3.20. The molecule has 0 aliphatic rings. The Morgan fingerprint density at radius 1 is 1.00 bits per heavy atom. The van der Waals surface area contributed by atoms with E-state index in [2.05, 4.69) is 10.5 Å². The summed E-state index contributed by atoms with van der Waals surface area (Å²) < 4.78 is 36.0. The van der Waals surface area contributed by atoms with Gasteiger partial charge in [-0.3, -0.25) is 9.10 Å². The summed E-state index contributed by atoms with van der Waals surface area (Å²) in [4.78, 5) is 13.1. The van der Waals surface area contributed by atoms with Crippen LogP contribution in [0, 0.1) is 27.7 Å². The summed E-state index contributed by atoms with van der Waals surface area (Å²) in [6.45, 7) is 7.08. The number of benzene rings is 3. The Morgan fingerprint density at radius 2 is 1.68 bits per heavy atom. The third kappa shape index (κ3) is 6.05. The molecular formula is C30H31ClN4O4S.